The number of carboxylic acids is 1. The summed E-state index contributed by atoms with van der Waals surface area (Å²) in [6.07, 6.45) is 0.742. The molecule has 0 aliphatic heterocycles. The van der Waals surface area contributed by atoms with Crippen molar-refractivity contribution < 1.29 is 14.6 Å². The van der Waals surface area contributed by atoms with Crippen molar-refractivity contribution in [3.63, 3.8) is 0 Å². The van der Waals surface area contributed by atoms with Crippen LogP contribution in [0, 0.1) is 0 Å². The van der Waals surface area contributed by atoms with Crippen LogP contribution in [0.1, 0.15) is 18.9 Å². The van der Waals surface area contributed by atoms with Crippen molar-refractivity contribution in [1.82, 2.24) is 0 Å². The summed E-state index contributed by atoms with van der Waals surface area (Å²) in [5.41, 5.74) is 1.71. The molecule has 0 radical (unpaired) electrons. The molecule has 0 fully saturated rings. The number of aliphatic carboxylic acids is 1. The molecule has 0 aliphatic rings. The molecular weight excluding hydrogens is 208 g/mol. The van der Waals surface area contributed by atoms with Gasteiger partial charge >= 0.3 is 5.97 Å². The average molecular weight is 222 g/mol. The first-order chi connectivity index (χ1) is 7.67. The summed E-state index contributed by atoms with van der Waals surface area (Å²) in [5, 5.41) is 12.1. The molecule has 0 unspecified atom stereocenters. The first-order valence-corrected chi connectivity index (χ1v) is 4.89. The van der Waals surface area contributed by atoms with E-state index in [9.17, 15) is 4.79 Å². The van der Waals surface area contributed by atoms with Gasteiger partial charge in [-0.15, -0.1) is 0 Å². The van der Waals surface area contributed by atoms with Gasteiger partial charge in [-0.25, -0.2) is 4.79 Å². The van der Waals surface area contributed by atoms with Crippen molar-refractivity contribution in [3.8, 4) is 5.75 Å². The van der Waals surface area contributed by atoms with Gasteiger partial charge in [0, 0.05) is 0 Å². The standard InChI is InChI=1S/C11H14N2O3/c1-2-10(13-12)8-3-5-9(6-4-8)16-7-11(14)15/h3-6H,2,7,12H2,1H3,(H,14,15)/b13-10-. The Bertz CT molecular complexity index is 385. The number of carboxylic acid groups (broad SMARTS) is 1. The van der Waals surface area contributed by atoms with Gasteiger partial charge < -0.3 is 15.7 Å². The van der Waals surface area contributed by atoms with Crippen LogP contribution in [0.2, 0.25) is 0 Å². The third kappa shape index (κ3) is 3.27. The molecule has 0 aromatic heterocycles. The van der Waals surface area contributed by atoms with E-state index in [0.717, 1.165) is 17.7 Å². The third-order valence-electron chi connectivity index (χ3n) is 2.04. The lowest BCUT2D eigenvalue weighted by atomic mass is 10.1. The number of benzene rings is 1. The predicted molar refractivity (Wildman–Crippen MR) is 60.6 cm³/mol. The summed E-state index contributed by atoms with van der Waals surface area (Å²) in [4.78, 5) is 10.3. The van der Waals surface area contributed by atoms with Gasteiger partial charge in [0.1, 0.15) is 5.75 Å². The molecular formula is C11H14N2O3. The number of ether oxygens (including phenoxy) is 1. The molecule has 3 N–H and O–H groups in total. The van der Waals surface area contributed by atoms with Crippen molar-refractivity contribution in [2.75, 3.05) is 6.61 Å². The van der Waals surface area contributed by atoms with Crippen molar-refractivity contribution in [2.24, 2.45) is 10.9 Å². The van der Waals surface area contributed by atoms with E-state index < -0.39 is 5.97 Å². The normalized spacial score (nSPS) is 11.2. The van der Waals surface area contributed by atoms with Crippen LogP contribution >= 0.6 is 0 Å². The largest absolute Gasteiger partial charge is 0.482 e. The second-order valence-electron chi connectivity index (χ2n) is 3.14. The Balaban J connectivity index is 2.71. The molecule has 0 aliphatic carbocycles. The second kappa shape index (κ2) is 5.75. The van der Waals surface area contributed by atoms with E-state index in [1.807, 2.05) is 6.92 Å². The Labute approximate surface area is 93.5 Å². The van der Waals surface area contributed by atoms with Crippen LogP contribution in [0.4, 0.5) is 0 Å². The maximum absolute atomic E-state index is 10.3. The molecule has 0 atom stereocenters. The fourth-order valence-electron chi connectivity index (χ4n) is 1.26. The zero-order valence-electron chi connectivity index (χ0n) is 9.01. The molecule has 16 heavy (non-hydrogen) atoms. The summed E-state index contributed by atoms with van der Waals surface area (Å²) in [7, 11) is 0. The Hall–Kier alpha value is -2.04. The van der Waals surface area contributed by atoms with Crippen LogP contribution in [0.15, 0.2) is 29.4 Å². The van der Waals surface area contributed by atoms with Gasteiger partial charge in [0.15, 0.2) is 6.61 Å². The van der Waals surface area contributed by atoms with Crippen LogP contribution < -0.4 is 10.6 Å². The van der Waals surface area contributed by atoms with E-state index in [4.69, 9.17) is 15.7 Å². The summed E-state index contributed by atoms with van der Waals surface area (Å²) < 4.78 is 5.00. The van der Waals surface area contributed by atoms with E-state index in [1.54, 1.807) is 24.3 Å². The Morgan fingerprint density at radius 3 is 2.50 bits per heavy atom. The van der Waals surface area contributed by atoms with Gasteiger partial charge in [0.05, 0.1) is 5.71 Å². The summed E-state index contributed by atoms with van der Waals surface area (Å²) in [6, 6.07) is 6.98. The SMILES string of the molecule is CC/C(=N/N)c1ccc(OCC(=O)O)cc1. The minimum Gasteiger partial charge on any atom is -0.482 e. The molecule has 0 saturated carbocycles. The van der Waals surface area contributed by atoms with E-state index in [0.29, 0.717) is 5.75 Å². The van der Waals surface area contributed by atoms with Crippen molar-refractivity contribution in [1.29, 1.82) is 0 Å². The fraction of sp³-hybridized carbons (Fsp3) is 0.273. The first-order valence-electron chi connectivity index (χ1n) is 4.89. The maximum Gasteiger partial charge on any atom is 0.341 e. The summed E-state index contributed by atoms with van der Waals surface area (Å²) >= 11 is 0. The molecule has 0 saturated heterocycles. The van der Waals surface area contributed by atoms with Crippen molar-refractivity contribution in [3.05, 3.63) is 29.8 Å². The quantitative estimate of drug-likeness (QED) is 0.445. The second-order valence-corrected chi connectivity index (χ2v) is 3.14. The highest BCUT2D eigenvalue weighted by Crippen LogP contribution is 2.13. The number of nitrogens with zero attached hydrogens (tertiary/aromatic N) is 1. The van der Waals surface area contributed by atoms with E-state index >= 15 is 0 Å². The summed E-state index contributed by atoms with van der Waals surface area (Å²) in [5.74, 6) is 4.75. The molecule has 0 heterocycles. The van der Waals surface area contributed by atoms with Gasteiger partial charge in [-0.3, -0.25) is 0 Å². The Morgan fingerprint density at radius 1 is 1.44 bits per heavy atom. The molecule has 0 bridgehead atoms. The lowest BCUT2D eigenvalue weighted by molar-refractivity contribution is -0.139. The number of carbonyl (C=O) groups is 1. The Morgan fingerprint density at radius 2 is 2.06 bits per heavy atom. The first kappa shape index (κ1) is 12.0. The number of nitrogens with two attached hydrogens (primary N) is 1. The minimum atomic E-state index is -0.998. The predicted octanol–water partition coefficient (Wildman–Crippen LogP) is 1.22. The van der Waals surface area contributed by atoms with Gasteiger partial charge in [-0.05, 0) is 36.2 Å². The van der Waals surface area contributed by atoms with E-state index in [-0.39, 0.29) is 6.61 Å². The number of hydrogen-bond acceptors (Lipinski definition) is 4. The zero-order valence-corrected chi connectivity index (χ0v) is 9.01. The molecule has 5 heteroatoms. The highest BCUT2D eigenvalue weighted by atomic mass is 16.5. The van der Waals surface area contributed by atoms with Crippen molar-refractivity contribution >= 4 is 11.7 Å². The molecule has 86 valence electrons. The van der Waals surface area contributed by atoms with E-state index in [2.05, 4.69) is 5.10 Å². The van der Waals surface area contributed by atoms with Gasteiger partial charge in [0.2, 0.25) is 0 Å². The molecule has 1 aromatic carbocycles. The molecule has 5 nitrogen and oxygen atoms in total. The lowest BCUT2D eigenvalue weighted by Crippen LogP contribution is -2.09. The molecule has 1 rings (SSSR count). The lowest BCUT2D eigenvalue weighted by Gasteiger charge is -2.05. The molecule has 0 amide bonds. The van der Waals surface area contributed by atoms with Gasteiger partial charge in [-0.2, -0.15) is 5.10 Å². The van der Waals surface area contributed by atoms with Crippen LogP contribution in [0.25, 0.3) is 0 Å². The number of rotatable bonds is 5. The highest BCUT2D eigenvalue weighted by molar-refractivity contribution is 6.00. The van der Waals surface area contributed by atoms with Crippen LogP contribution in [0.5, 0.6) is 5.75 Å². The highest BCUT2D eigenvalue weighted by Gasteiger charge is 2.02. The van der Waals surface area contributed by atoms with Crippen LogP contribution in [-0.4, -0.2) is 23.4 Å². The topological polar surface area (TPSA) is 84.9 Å². The third-order valence-corrected chi connectivity index (χ3v) is 2.04. The number of hydrogen-bond donors (Lipinski definition) is 2. The summed E-state index contributed by atoms with van der Waals surface area (Å²) in [6.45, 7) is 1.62. The van der Waals surface area contributed by atoms with Gasteiger partial charge in [-0.1, -0.05) is 6.92 Å². The zero-order chi connectivity index (χ0) is 12.0. The van der Waals surface area contributed by atoms with Crippen molar-refractivity contribution in [2.45, 2.75) is 13.3 Å². The van der Waals surface area contributed by atoms with Gasteiger partial charge in [0.25, 0.3) is 0 Å². The minimum absolute atomic E-state index is 0.342. The smallest absolute Gasteiger partial charge is 0.341 e. The molecule has 1 aromatic rings. The number of hydrazone groups is 1. The fourth-order valence-corrected chi connectivity index (χ4v) is 1.26. The molecule has 0 spiro atoms. The van der Waals surface area contributed by atoms with E-state index in [1.165, 1.54) is 0 Å². The average Bonchev–Trinajstić information content (AvgIpc) is 2.29. The van der Waals surface area contributed by atoms with Crippen LogP contribution in [-0.2, 0) is 4.79 Å². The van der Waals surface area contributed by atoms with Crippen LogP contribution in [0.3, 0.4) is 0 Å². The maximum atomic E-state index is 10.3. The Kier molecular flexibility index (Phi) is 4.32. The monoisotopic (exact) mass is 222 g/mol.